The number of urea groups is 1. The molecule has 0 radical (unpaired) electrons. The number of piperidine rings is 1. The standard InChI is InChI=1S/C20H25FN4O4S/c1-13-11-18(19(26)25(13)10-7-22)23-20(27)24-8-5-14(6-9-24)16-4-3-15(12-17(16)21)30(2,28)29/h3-4,12-14,18H,5-6,8-11H2,1-2H3,(H,23,27)/t13?,18-/m0/s1. The van der Waals surface area contributed by atoms with Crippen molar-refractivity contribution < 1.29 is 22.4 Å². The van der Waals surface area contributed by atoms with Crippen LogP contribution in [0.3, 0.4) is 0 Å². The molecule has 1 N–H and O–H groups in total. The minimum Gasteiger partial charge on any atom is -0.326 e. The second-order valence-electron chi connectivity index (χ2n) is 7.93. The van der Waals surface area contributed by atoms with Gasteiger partial charge in [0.25, 0.3) is 0 Å². The molecule has 0 aliphatic carbocycles. The van der Waals surface area contributed by atoms with Crippen LogP contribution in [0.15, 0.2) is 23.1 Å². The number of nitrogens with one attached hydrogen (secondary N) is 1. The van der Waals surface area contributed by atoms with Crippen LogP contribution in [0.2, 0.25) is 0 Å². The summed E-state index contributed by atoms with van der Waals surface area (Å²) < 4.78 is 37.6. The number of nitriles is 1. The quantitative estimate of drug-likeness (QED) is 0.722. The smallest absolute Gasteiger partial charge is 0.318 e. The molecule has 30 heavy (non-hydrogen) atoms. The highest BCUT2D eigenvalue weighted by molar-refractivity contribution is 7.90. The summed E-state index contributed by atoms with van der Waals surface area (Å²) >= 11 is 0. The fraction of sp³-hybridized carbons (Fsp3) is 0.550. The first-order valence-corrected chi connectivity index (χ1v) is 11.7. The van der Waals surface area contributed by atoms with E-state index in [1.54, 1.807) is 4.90 Å². The Morgan fingerprint density at radius 2 is 2.00 bits per heavy atom. The number of nitrogens with zero attached hydrogens (tertiary/aromatic N) is 3. The predicted octanol–water partition coefficient (Wildman–Crippen LogP) is 1.63. The van der Waals surface area contributed by atoms with E-state index in [1.165, 1.54) is 17.0 Å². The lowest BCUT2D eigenvalue weighted by Gasteiger charge is -2.33. The van der Waals surface area contributed by atoms with Crippen molar-refractivity contribution in [2.75, 3.05) is 25.9 Å². The van der Waals surface area contributed by atoms with Crippen molar-refractivity contribution in [1.29, 1.82) is 5.26 Å². The molecule has 0 bridgehead atoms. The Balaban J connectivity index is 1.58. The first-order valence-electron chi connectivity index (χ1n) is 9.84. The molecule has 1 aromatic carbocycles. The van der Waals surface area contributed by atoms with Gasteiger partial charge in [-0.25, -0.2) is 17.6 Å². The minimum atomic E-state index is -3.47. The molecule has 2 aliphatic rings. The number of carbonyl (C=O) groups is 2. The Kier molecular flexibility index (Phi) is 6.31. The zero-order valence-electron chi connectivity index (χ0n) is 17.0. The molecule has 2 fully saturated rings. The summed E-state index contributed by atoms with van der Waals surface area (Å²) in [4.78, 5) is 27.9. The van der Waals surface area contributed by atoms with Crippen LogP contribution in [0.4, 0.5) is 9.18 Å². The first kappa shape index (κ1) is 22.0. The van der Waals surface area contributed by atoms with Gasteiger partial charge in [0.15, 0.2) is 9.84 Å². The van der Waals surface area contributed by atoms with Gasteiger partial charge in [0.1, 0.15) is 18.4 Å². The van der Waals surface area contributed by atoms with Crippen molar-refractivity contribution in [3.8, 4) is 6.07 Å². The Hall–Kier alpha value is -2.67. The molecule has 2 saturated heterocycles. The van der Waals surface area contributed by atoms with E-state index in [4.69, 9.17) is 5.26 Å². The maximum Gasteiger partial charge on any atom is 0.318 e. The van der Waals surface area contributed by atoms with E-state index in [0.717, 1.165) is 12.3 Å². The summed E-state index contributed by atoms with van der Waals surface area (Å²) in [5, 5.41) is 11.6. The van der Waals surface area contributed by atoms with Crippen molar-refractivity contribution in [1.82, 2.24) is 15.1 Å². The molecule has 3 amide bonds. The van der Waals surface area contributed by atoms with E-state index in [9.17, 15) is 22.4 Å². The average Bonchev–Trinajstić information content (AvgIpc) is 2.95. The van der Waals surface area contributed by atoms with Gasteiger partial charge in [-0.1, -0.05) is 6.07 Å². The van der Waals surface area contributed by atoms with Gasteiger partial charge in [0.2, 0.25) is 5.91 Å². The molecule has 10 heteroatoms. The monoisotopic (exact) mass is 436 g/mol. The number of hydrogen-bond donors (Lipinski definition) is 1. The number of rotatable bonds is 4. The molecule has 2 atom stereocenters. The Morgan fingerprint density at radius 3 is 2.57 bits per heavy atom. The third-order valence-electron chi connectivity index (χ3n) is 5.85. The number of benzene rings is 1. The predicted molar refractivity (Wildman–Crippen MR) is 107 cm³/mol. The molecule has 0 spiro atoms. The maximum absolute atomic E-state index is 14.4. The van der Waals surface area contributed by atoms with Crippen LogP contribution in [0, 0.1) is 17.1 Å². The van der Waals surface area contributed by atoms with Gasteiger partial charge in [-0.2, -0.15) is 5.26 Å². The highest BCUT2D eigenvalue weighted by Crippen LogP contribution is 2.31. The lowest BCUT2D eigenvalue weighted by molar-refractivity contribution is -0.129. The highest BCUT2D eigenvalue weighted by atomic mass is 32.2. The summed E-state index contributed by atoms with van der Waals surface area (Å²) in [5.74, 6) is -0.911. The summed E-state index contributed by atoms with van der Waals surface area (Å²) in [6.45, 7) is 2.65. The number of sulfone groups is 1. The van der Waals surface area contributed by atoms with Gasteiger partial charge in [-0.05, 0) is 49.8 Å². The molecule has 3 rings (SSSR count). The largest absolute Gasteiger partial charge is 0.326 e. The van der Waals surface area contributed by atoms with Crippen LogP contribution in [0.25, 0.3) is 0 Å². The number of halogens is 1. The van der Waals surface area contributed by atoms with Crippen LogP contribution >= 0.6 is 0 Å². The summed E-state index contributed by atoms with van der Waals surface area (Å²) in [5.41, 5.74) is 0.453. The molecule has 162 valence electrons. The Bertz CT molecular complexity index is 983. The third kappa shape index (κ3) is 4.56. The number of amides is 3. The lowest BCUT2D eigenvalue weighted by Crippen LogP contribution is -2.50. The average molecular weight is 437 g/mol. The molecular weight excluding hydrogens is 411 g/mol. The van der Waals surface area contributed by atoms with Crippen LogP contribution in [-0.4, -0.2) is 68.1 Å². The van der Waals surface area contributed by atoms with E-state index < -0.39 is 21.7 Å². The normalized spacial score (nSPS) is 22.8. The molecule has 1 unspecified atom stereocenters. The number of likely N-dealkylation sites (tertiary alicyclic amines) is 2. The highest BCUT2D eigenvalue weighted by Gasteiger charge is 2.38. The van der Waals surface area contributed by atoms with Crippen LogP contribution in [0.1, 0.15) is 37.7 Å². The molecule has 2 aliphatic heterocycles. The maximum atomic E-state index is 14.4. The van der Waals surface area contributed by atoms with E-state index in [1.807, 2.05) is 13.0 Å². The van der Waals surface area contributed by atoms with Crippen molar-refractivity contribution in [2.24, 2.45) is 0 Å². The number of carbonyl (C=O) groups excluding carboxylic acids is 2. The number of hydrogen-bond acceptors (Lipinski definition) is 5. The minimum absolute atomic E-state index is 0.00144. The summed E-state index contributed by atoms with van der Waals surface area (Å²) in [6, 6.07) is 4.84. The first-order chi connectivity index (χ1) is 14.1. The van der Waals surface area contributed by atoms with Crippen molar-refractivity contribution in [3.05, 3.63) is 29.6 Å². The van der Waals surface area contributed by atoms with Crippen molar-refractivity contribution >= 4 is 21.8 Å². The van der Waals surface area contributed by atoms with Gasteiger partial charge in [-0.15, -0.1) is 0 Å². The SMILES string of the molecule is CC1C[C@H](NC(=O)N2CCC(c3ccc(S(C)(=O)=O)cc3F)CC2)C(=O)N1CC#N. The fourth-order valence-electron chi connectivity index (χ4n) is 4.12. The second kappa shape index (κ2) is 8.60. The van der Waals surface area contributed by atoms with E-state index in [2.05, 4.69) is 5.32 Å². The van der Waals surface area contributed by atoms with Gasteiger partial charge in [0, 0.05) is 25.4 Å². The zero-order valence-corrected chi connectivity index (χ0v) is 17.8. The van der Waals surface area contributed by atoms with Crippen molar-refractivity contribution in [2.45, 2.75) is 49.1 Å². The third-order valence-corrected chi connectivity index (χ3v) is 6.96. The summed E-state index contributed by atoms with van der Waals surface area (Å²) in [6.07, 6.45) is 2.57. The van der Waals surface area contributed by atoms with Gasteiger partial charge in [0.05, 0.1) is 11.0 Å². The van der Waals surface area contributed by atoms with Crippen LogP contribution in [0.5, 0.6) is 0 Å². The fourth-order valence-corrected chi connectivity index (χ4v) is 4.75. The second-order valence-corrected chi connectivity index (χ2v) is 9.94. The van der Waals surface area contributed by atoms with Crippen molar-refractivity contribution in [3.63, 3.8) is 0 Å². The van der Waals surface area contributed by atoms with Gasteiger partial charge < -0.3 is 15.1 Å². The molecule has 0 saturated carbocycles. The molecule has 2 heterocycles. The van der Waals surface area contributed by atoms with Crippen LogP contribution in [-0.2, 0) is 14.6 Å². The van der Waals surface area contributed by atoms with Gasteiger partial charge >= 0.3 is 6.03 Å². The zero-order chi connectivity index (χ0) is 22.1. The summed E-state index contributed by atoms with van der Waals surface area (Å²) in [7, 11) is -3.47. The van der Waals surface area contributed by atoms with Gasteiger partial charge in [-0.3, -0.25) is 4.79 Å². The lowest BCUT2D eigenvalue weighted by atomic mass is 9.89. The van der Waals surface area contributed by atoms with E-state index >= 15 is 0 Å². The molecule has 0 aromatic heterocycles. The molecule has 8 nitrogen and oxygen atoms in total. The Labute approximate surface area is 175 Å². The Morgan fingerprint density at radius 1 is 1.33 bits per heavy atom. The van der Waals surface area contributed by atoms with Crippen LogP contribution < -0.4 is 5.32 Å². The molecule has 1 aromatic rings. The topological polar surface area (TPSA) is 111 Å². The van der Waals surface area contributed by atoms with E-state index in [-0.39, 0.29) is 35.3 Å². The molecular formula is C20H25FN4O4S. The van der Waals surface area contributed by atoms with E-state index in [0.29, 0.717) is 37.9 Å².